The van der Waals surface area contributed by atoms with Crippen LogP contribution in [0.4, 0.5) is 0 Å². The zero-order chi connectivity index (χ0) is 9.84. The molecule has 1 atom stereocenters. The number of aryl methyl sites for hydroxylation is 1. The molecular formula is C8H11NO3S. The Balaban J connectivity index is 2.71. The van der Waals surface area contributed by atoms with E-state index in [2.05, 4.69) is 0 Å². The summed E-state index contributed by atoms with van der Waals surface area (Å²) in [6.07, 6.45) is 3.28. The lowest BCUT2D eigenvalue weighted by Gasteiger charge is -2.03. The largest absolute Gasteiger partial charge is 0.477 e. The van der Waals surface area contributed by atoms with E-state index in [1.165, 1.54) is 6.07 Å². The van der Waals surface area contributed by atoms with E-state index < -0.39 is 16.8 Å². The maximum atomic E-state index is 10.8. The Morgan fingerprint density at radius 2 is 2.38 bits per heavy atom. The molecule has 72 valence electrons. The molecule has 5 heteroatoms. The van der Waals surface area contributed by atoms with Crippen LogP contribution in [-0.2, 0) is 17.3 Å². The molecule has 0 aliphatic heterocycles. The second-order valence-corrected chi connectivity index (χ2v) is 4.22. The van der Waals surface area contributed by atoms with Crippen LogP contribution in [0.25, 0.3) is 0 Å². The molecule has 1 heterocycles. The van der Waals surface area contributed by atoms with E-state index in [9.17, 15) is 9.00 Å². The molecule has 1 aromatic rings. The van der Waals surface area contributed by atoms with Crippen molar-refractivity contribution in [3.05, 3.63) is 24.0 Å². The number of carboxylic acids is 1. The highest BCUT2D eigenvalue weighted by Crippen LogP contribution is 2.01. The van der Waals surface area contributed by atoms with Crippen LogP contribution >= 0.6 is 0 Å². The van der Waals surface area contributed by atoms with E-state index in [0.29, 0.717) is 12.3 Å². The molecular weight excluding hydrogens is 190 g/mol. The minimum atomic E-state index is -0.952. The smallest absolute Gasteiger partial charge is 0.352 e. The molecule has 0 saturated heterocycles. The van der Waals surface area contributed by atoms with Crippen LogP contribution in [0.2, 0.25) is 0 Å². The molecule has 0 fully saturated rings. The van der Waals surface area contributed by atoms with Crippen LogP contribution < -0.4 is 0 Å². The molecule has 0 saturated carbocycles. The van der Waals surface area contributed by atoms with Gasteiger partial charge in [-0.3, -0.25) is 4.21 Å². The van der Waals surface area contributed by atoms with Gasteiger partial charge in [0.15, 0.2) is 0 Å². The molecule has 4 nitrogen and oxygen atoms in total. The molecule has 0 radical (unpaired) electrons. The Kier molecular flexibility index (Phi) is 3.25. The van der Waals surface area contributed by atoms with Crippen LogP contribution in [0, 0.1) is 0 Å². The molecule has 0 bridgehead atoms. The number of hydrogen-bond acceptors (Lipinski definition) is 2. The summed E-state index contributed by atoms with van der Waals surface area (Å²) in [6, 6.07) is 3.20. The summed E-state index contributed by atoms with van der Waals surface area (Å²) in [5, 5.41) is 8.72. The van der Waals surface area contributed by atoms with Gasteiger partial charge in [-0.25, -0.2) is 4.79 Å². The van der Waals surface area contributed by atoms with Crippen LogP contribution in [0.1, 0.15) is 10.5 Å². The van der Waals surface area contributed by atoms with Gasteiger partial charge in [0.25, 0.3) is 0 Å². The van der Waals surface area contributed by atoms with Crippen LogP contribution in [0.5, 0.6) is 0 Å². The maximum absolute atomic E-state index is 10.8. The second kappa shape index (κ2) is 4.23. The third-order valence-corrected chi connectivity index (χ3v) is 2.43. The van der Waals surface area contributed by atoms with Crippen LogP contribution in [0.15, 0.2) is 18.3 Å². The molecule has 13 heavy (non-hydrogen) atoms. The Hall–Kier alpha value is -1.10. The van der Waals surface area contributed by atoms with E-state index >= 15 is 0 Å². The first-order valence-corrected chi connectivity index (χ1v) is 5.52. The number of nitrogens with zero attached hydrogens (tertiary/aromatic N) is 1. The van der Waals surface area contributed by atoms with Crippen LogP contribution in [0.3, 0.4) is 0 Å². The lowest BCUT2D eigenvalue weighted by atomic mass is 10.4. The molecule has 1 rings (SSSR count). The van der Waals surface area contributed by atoms with Crippen molar-refractivity contribution in [3.63, 3.8) is 0 Å². The highest BCUT2D eigenvalue weighted by atomic mass is 32.2. The van der Waals surface area contributed by atoms with Gasteiger partial charge in [-0.1, -0.05) is 0 Å². The summed E-state index contributed by atoms with van der Waals surface area (Å²) in [5.74, 6) is -0.471. The number of rotatable bonds is 4. The third-order valence-electron chi connectivity index (χ3n) is 1.67. The predicted molar refractivity (Wildman–Crippen MR) is 50.3 cm³/mol. The molecule has 0 aliphatic rings. The molecule has 1 aromatic heterocycles. The zero-order valence-corrected chi connectivity index (χ0v) is 8.08. The van der Waals surface area contributed by atoms with Crippen molar-refractivity contribution < 1.29 is 14.1 Å². The maximum Gasteiger partial charge on any atom is 0.352 e. The normalized spacial score (nSPS) is 12.7. The highest BCUT2D eigenvalue weighted by Gasteiger charge is 2.07. The van der Waals surface area contributed by atoms with Crippen molar-refractivity contribution in [2.75, 3.05) is 12.0 Å². The quantitative estimate of drug-likeness (QED) is 0.774. The minimum absolute atomic E-state index is 0.241. The standard InChI is InChI=1S/C8H11NO3S/c1-13(12)6-5-9-4-2-3-7(9)8(10)11/h2-4H,5-6H2,1H3,(H,10,11). The van der Waals surface area contributed by atoms with E-state index in [4.69, 9.17) is 5.11 Å². The fourth-order valence-electron chi connectivity index (χ4n) is 1.03. The van der Waals surface area contributed by atoms with Gasteiger partial charge in [-0.2, -0.15) is 0 Å². The van der Waals surface area contributed by atoms with Gasteiger partial charge < -0.3 is 9.67 Å². The summed E-state index contributed by atoms with van der Waals surface area (Å²) in [5.41, 5.74) is 0.241. The Labute approximate surface area is 78.6 Å². The number of aromatic nitrogens is 1. The zero-order valence-electron chi connectivity index (χ0n) is 7.27. The van der Waals surface area contributed by atoms with Crippen molar-refractivity contribution in [2.45, 2.75) is 6.54 Å². The molecule has 1 N–H and O–H groups in total. The second-order valence-electron chi connectivity index (χ2n) is 2.67. The lowest BCUT2D eigenvalue weighted by molar-refractivity contribution is 0.0685. The van der Waals surface area contributed by atoms with Crippen molar-refractivity contribution >= 4 is 16.8 Å². The van der Waals surface area contributed by atoms with Crippen molar-refractivity contribution in [2.24, 2.45) is 0 Å². The van der Waals surface area contributed by atoms with Gasteiger partial charge in [0.2, 0.25) is 0 Å². The molecule has 0 amide bonds. The topological polar surface area (TPSA) is 59.3 Å². The van der Waals surface area contributed by atoms with E-state index in [1.54, 1.807) is 23.1 Å². The fourth-order valence-corrected chi connectivity index (χ4v) is 1.48. The summed E-state index contributed by atoms with van der Waals surface area (Å²) in [4.78, 5) is 10.6. The summed E-state index contributed by atoms with van der Waals surface area (Å²) < 4.78 is 12.4. The Morgan fingerprint density at radius 1 is 1.69 bits per heavy atom. The first-order chi connectivity index (χ1) is 6.11. The Morgan fingerprint density at radius 3 is 2.92 bits per heavy atom. The van der Waals surface area contributed by atoms with Gasteiger partial charge in [0.05, 0.1) is 0 Å². The molecule has 0 aromatic carbocycles. The van der Waals surface area contributed by atoms with Crippen molar-refractivity contribution in [1.29, 1.82) is 0 Å². The van der Waals surface area contributed by atoms with Gasteiger partial charge in [0, 0.05) is 35.5 Å². The van der Waals surface area contributed by atoms with E-state index in [0.717, 1.165) is 0 Å². The monoisotopic (exact) mass is 201 g/mol. The number of hydrogen-bond donors (Lipinski definition) is 1. The van der Waals surface area contributed by atoms with Crippen molar-refractivity contribution in [1.82, 2.24) is 4.57 Å². The average Bonchev–Trinajstić information content (AvgIpc) is 2.47. The van der Waals surface area contributed by atoms with Gasteiger partial charge in [0.1, 0.15) is 5.69 Å². The first-order valence-electron chi connectivity index (χ1n) is 3.79. The van der Waals surface area contributed by atoms with Crippen LogP contribution in [-0.4, -0.2) is 31.9 Å². The third kappa shape index (κ3) is 2.69. The molecule has 0 spiro atoms. The number of aromatic carboxylic acids is 1. The summed E-state index contributed by atoms with van der Waals surface area (Å²) >= 11 is 0. The van der Waals surface area contributed by atoms with Crippen molar-refractivity contribution in [3.8, 4) is 0 Å². The van der Waals surface area contributed by atoms with Gasteiger partial charge in [-0.15, -0.1) is 0 Å². The SMILES string of the molecule is CS(=O)CCn1cccc1C(=O)O. The number of carbonyl (C=O) groups is 1. The summed E-state index contributed by atoms with van der Waals surface area (Å²) in [7, 11) is -0.885. The van der Waals surface area contributed by atoms with E-state index in [-0.39, 0.29) is 5.69 Å². The molecule has 0 aliphatic carbocycles. The highest BCUT2D eigenvalue weighted by molar-refractivity contribution is 7.84. The minimum Gasteiger partial charge on any atom is -0.477 e. The lowest BCUT2D eigenvalue weighted by Crippen LogP contribution is -2.11. The van der Waals surface area contributed by atoms with Gasteiger partial charge >= 0.3 is 5.97 Å². The average molecular weight is 201 g/mol. The van der Waals surface area contributed by atoms with Gasteiger partial charge in [-0.05, 0) is 12.1 Å². The Bertz CT molecular complexity index is 332. The molecule has 1 unspecified atom stereocenters. The predicted octanol–water partition coefficient (Wildman–Crippen LogP) is 0.565. The fraction of sp³-hybridized carbons (Fsp3) is 0.375. The first kappa shape index (κ1) is 9.98. The summed E-state index contributed by atoms with van der Waals surface area (Å²) in [6.45, 7) is 0.484. The number of carboxylic acid groups (broad SMARTS) is 1. The van der Waals surface area contributed by atoms with E-state index in [1.807, 2.05) is 0 Å².